The lowest BCUT2D eigenvalue weighted by molar-refractivity contribution is 0.0121. The summed E-state index contributed by atoms with van der Waals surface area (Å²) in [5.41, 5.74) is 2.72. The number of aromatic nitrogens is 1. The lowest BCUT2D eigenvalue weighted by Gasteiger charge is -2.24. The van der Waals surface area contributed by atoms with Crippen LogP contribution >= 0.6 is 11.3 Å². The van der Waals surface area contributed by atoms with E-state index in [-0.39, 0.29) is 6.61 Å². The van der Waals surface area contributed by atoms with E-state index in [2.05, 4.69) is 40.8 Å². The summed E-state index contributed by atoms with van der Waals surface area (Å²) in [6, 6.07) is 24.2. The minimum Gasteiger partial charge on any atom is -0.491 e. The Morgan fingerprint density at radius 1 is 1.06 bits per heavy atom. The van der Waals surface area contributed by atoms with Gasteiger partial charge in [-0.05, 0) is 46.8 Å². The van der Waals surface area contributed by atoms with Crippen LogP contribution in [0.3, 0.4) is 0 Å². The molecule has 5 aromatic rings. The van der Waals surface area contributed by atoms with Gasteiger partial charge in [0.1, 0.15) is 28.4 Å². The number of aliphatic hydroxyl groups is 1. The number of fused-ring (bicyclic) bond motifs is 2. The van der Waals surface area contributed by atoms with Crippen LogP contribution in [0, 0.1) is 0 Å². The molecule has 0 radical (unpaired) electrons. The summed E-state index contributed by atoms with van der Waals surface area (Å²) in [4.78, 5) is 0. The molecule has 0 spiro atoms. The monoisotopic (exact) mass is 444 g/mol. The Balaban J connectivity index is 1.20. The van der Waals surface area contributed by atoms with E-state index in [1.165, 1.54) is 16.3 Å². The summed E-state index contributed by atoms with van der Waals surface area (Å²) in [6.45, 7) is 3.04. The Labute approximate surface area is 190 Å². The molecule has 0 saturated carbocycles. The topological polar surface area (TPSA) is 67.5 Å². The van der Waals surface area contributed by atoms with Gasteiger partial charge < -0.3 is 19.7 Å². The normalized spacial score (nSPS) is 13.4. The number of hydrogen-bond donors (Lipinski definition) is 2. The van der Waals surface area contributed by atoms with E-state index in [0.717, 1.165) is 21.5 Å². The lowest BCUT2D eigenvalue weighted by atomic mass is 10.0. The van der Waals surface area contributed by atoms with Gasteiger partial charge in [0.2, 0.25) is 0 Å². The molecule has 0 unspecified atom stereocenters. The SMILES string of the molecule is C[C@@](O)(CNCc1cccc2ccccc12)COc1cccc(-c2noc3ccsc23)c1. The van der Waals surface area contributed by atoms with Crippen LogP contribution in [0.25, 0.3) is 32.3 Å². The predicted octanol–water partition coefficient (Wildman–Crippen LogP) is 5.63. The summed E-state index contributed by atoms with van der Waals surface area (Å²) in [5, 5.41) is 22.8. The molecule has 0 bridgehead atoms. The van der Waals surface area contributed by atoms with Gasteiger partial charge >= 0.3 is 0 Å². The third kappa shape index (κ3) is 4.39. The molecule has 0 aliphatic carbocycles. The van der Waals surface area contributed by atoms with Crippen LogP contribution in [-0.2, 0) is 6.54 Å². The molecule has 5 rings (SSSR count). The average molecular weight is 445 g/mol. The number of benzene rings is 3. The molecule has 3 aromatic carbocycles. The number of rotatable bonds is 8. The number of ether oxygens (including phenoxy) is 1. The van der Waals surface area contributed by atoms with Gasteiger partial charge in [-0.3, -0.25) is 0 Å². The standard InChI is InChI=1S/C26H24N2O3S/c1-26(29,16-27-15-20-9-4-7-18-6-2-3-11-22(18)20)17-30-21-10-5-8-19(14-21)24-25-23(31-28-24)12-13-32-25/h2-14,27,29H,15-17H2,1H3/t26-/m1/s1. The summed E-state index contributed by atoms with van der Waals surface area (Å²) in [6.07, 6.45) is 0. The van der Waals surface area contributed by atoms with Gasteiger partial charge in [-0.25, -0.2) is 0 Å². The molecule has 2 N–H and O–H groups in total. The van der Waals surface area contributed by atoms with Crippen LogP contribution in [0.15, 0.2) is 82.7 Å². The fourth-order valence-electron chi connectivity index (χ4n) is 3.80. The van der Waals surface area contributed by atoms with Crippen molar-refractivity contribution in [1.82, 2.24) is 10.5 Å². The number of thiophene rings is 1. The minimum absolute atomic E-state index is 0.173. The maximum Gasteiger partial charge on any atom is 0.178 e. The van der Waals surface area contributed by atoms with Gasteiger partial charge in [0.05, 0.1) is 0 Å². The molecule has 6 heteroatoms. The van der Waals surface area contributed by atoms with Crippen molar-refractivity contribution >= 4 is 32.4 Å². The first-order valence-corrected chi connectivity index (χ1v) is 11.4. The molecular formula is C26H24N2O3S. The highest BCUT2D eigenvalue weighted by atomic mass is 32.1. The zero-order valence-electron chi connectivity index (χ0n) is 17.7. The van der Waals surface area contributed by atoms with E-state index in [0.29, 0.717) is 18.8 Å². The second-order valence-electron chi connectivity index (χ2n) is 8.20. The van der Waals surface area contributed by atoms with E-state index in [1.54, 1.807) is 18.3 Å². The molecule has 2 heterocycles. The number of hydrogen-bond acceptors (Lipinski definition) is 6. The fourth-order valence-corrected chi connectivity index (χ4v) is 4.61. The van der Waals surface area contributed by atoms with Crippen LogP contribution in [-0.4, -0.2) is 29.0 Å². The van der Waals surface area contributed by atoms with Gasteiger partial charge in [-0.15, -0.1) is 11.3 Å². The van der Waals surface area contributed by atoms with E-state index in [9.17, 15) is 5.11 Å². The molecule has 0 aliphatic rings. The van der Waals surface area contributed by atoms with Gasteiger partial charge in [0, 0.05) is 18.7 Å². The maximum atomic E-state index is 10.8. The summed E-state index contributed by atoms with van der Waals surface area (Å²) >= 11 is 1.60. The summed E-state index contributed by atoms with van der Waals surface area (Å²) < 4.78 is 12.3. The predicted molar refractivity (Wildman–Crippen MR) is 129 cm³/mol. The summed E-state index contributed by atoms with van der Waals surface area (Å²) in [7, 11) is 0. The van der Waals surface area contributed by atoms with Gasteiger partial charge in [-0.1, -0.05) is 59.8 Å². The highest BCUT2D eigenvalue weighted by Crippen LogP contribution is 2.33. The number of nitrogens with one attached hydrogen (secondary N) is 1. The largest absolute Gasteiger partial charge is 0.491 e. The molecule has 0 saturated heterocycles. The quantitative estimate of drug-likeness (QED) is 0.325. The Bertz CT molecular complexity index is 1350. The number of nitrogens with zero attached hydrogens (tertiary/aromatic N) is 1. The molecule has 5 nitrogen and oxygen atoms in total. The highest BCUT2D eigenvalue weighted by molar-refractivity contribution is 7.17. The molecule has 162 valence electrons. The Morgan fingerprint density at radius 3 is 2.84 bits per heavy atom. The van der Waals surface area contributed by atoms with Crippen LogP contribution < -0.4 is 10.1 Å². The third-order valence-corrected chi connectivity index (χ3v) is 6.34. The van der Waals surface area contributed by atoms with E-state index < -0.39 is 5.60 Å². The van der Waals surface area contributed by atoms with Crippen molar-refractivity contribution < 1.29 is 14.4 Å². The first kappa shape index (κ1) is 20.7. The smallest absolute Gasteiger partial charge is 0.178 e. The van der Waals surface area contributed by atoms with Gasteiger partial charge in [0.15, 0.2) is 5.58 Å². The van der Waals surface area contributed by atoms with Crippen molar-refractivity contribution in [2.24, 2.45) is 0 Å². The molecule has 0 aliphatic heterocycles. The second-order valence-corrected chi connectivity index (χ2v) is 9.12. The molecule has 1 atom stereocenters. The van der Waals surface area contributed by atoms with Gasteiger partial charge in [-0.2, -0.15) is 0 Å². The second kappa shape index (κ2) is 8.74. The molecule has 0 amide bonds. The van der Waals surface area contributed by atoms with Crippen molar-refractivity contribution in [3.05, 3.63) is 83.7 Å². The first-order chi connectivity index (χ1) is 15.6. The van der Waals surface area contributed by atoms with Crippen molar-refractivity contribution in [3.63, 3.8) is 0 Å². The molecular weight excluding hydrogens is 420 g/mol. The van der Waals surface area contributed by atoms with Gasteiger partial charge in [0.25, 0.3) is 0 Å². The van der Waals surface area contributed by atoms with E-state index in [1.807, 2.05) is 47.8 Å². The Kier molecular flexibility index (Phi) is 5.66. The lowest BCUT2D eigenvalue weighted by Crippen LogP contribution is -2.42. The van der Waals surface area contributed by atoms with E-state index in [4.69, 9.17) is 9.26 Å². The first-order valence-electron chi connectivity index (χ1n) is 10.5. The molecule has 32 heavy (non-hydrogen) atoms. The van der Waals surface area contributed by atoms with Crippen molar-refractivity contribution in [2.45, 2.75) is 19.1 Å². The zero-order valence-corrected chi connectivity index (χ0v) is 18.6. The van der Waals surface area contributed by atoms with Crippen molar-refractivity contribution in [2.75, 3.05) is 13.2 Å². The van der Waals surface area contributed by atoms with Crippen molar-refractivity contribution in [1.29, 1.82) is 0 Å². The molecule has 2 aromatic heterocycles. The maximum absolute atomic E-state index is 10.8. The van der Waals surface area contributed by atoms with Crippen molar-refractivity contribution in [3.8, 4) is 17.0 Å². The van der Waals surface area contributed by atoms with Crippen LogP contribution in [0.2, 0.25) is 0 Å². The van der Waals surface area contributed by atoms with E-state index >= 15 is 0 Å². The third-order valence-electron chi connectivity index (χ3n) is 5.44. The van der Waals surface area contributed by atoms with Crippen LogP contribution in [0.1, 0.15) is 12.5 Å². The Hall–Kier alpha value is -3.19. The minimum atomic E-state index is -1.02. The fraction of sp³-hybridized carbons (Fsp3) is 0.192. The summed E-state index contributed by atoms with van der Waals surface area (Å²) in [5.74, 6) is 0.685. The van der Waals surface area contributed by atoms with Crippen LogP contribution in [0.4, 0.5) is 0 Å². The average Bonchev–Trinajstić information content (AvgIpc) is 3.42. The van der Waals surface area contributed by atoms with Crippen LogP contribution in [0.5, 0.6) is 5.75 Å². The highest BCUT2D eigenvalue weighted by Gasteiger charge is 2.21. The Morgan fingerprint density at radius 2 is 1.91 bits per heavy atom. The zero-order chi connectivity index (χ0) is 22.0. The molecule has 0 fully saturated rings.